The van der Waals surface area contributed by atoms with Crippen LogP contribution in [0.1, 0.15) is 53.8 Å². The molecule has 5 atom stereocenters. The van der Waals surface area contributed by atoms with Crippen molar-refractivity contribution in [3.05, 3.63) is 71.4 Å². The summed E-state index contributed by atoms with van der Waals surface area (Å²) in [5.74, 6) is 3.77. The molecule has 0 radical (unpaired) electrons. The van der Waals surface area contributed by atoms with Crippen LogP contribution in [0.3, 0.4) is 0 Å². The van der Waals surface area contributed by atoms with Crippen LogP contribution in [-0.2, 0) is 6.42 Å². The number of benzene rings is 2. The van der Waals surface area contributed by atoms with Crippen LogP contribution in [0.5, 0.6) is 0 Å². The van der Waals surface area contributed by atoms with E-state index in [1.54, 1.807) is 19.2 Å². The van der Waals surface area contributed by atoms with Gasteiger partial charge in [-0.15, -0.1) is 0 Å². The molecule has 0 spiro atoms. The molecule has 6 heteroatoms. The smallest absolute Gasteiger partial charge is 0.251 e. The predicted molar refractivity (Wildman–Crippen MR) is 131 cm³/mol. The number of amides is 1. The normalized spacial score (nSPS) is 24.7. The first kappa shape index (κ1) is 21.3. The quantitative estimate of drug-likeness (QED) is 0.410. The standard InChI is InChI=1S/C28H29FN4O/c1-15(9-27-32-25-5-3-16(28(34)30-2)13-26(25)33-27)21-11-18-10-17(21)12-22(18)20-7-8-31-24-6-4-19(29)14-23(20)24/h3-8,13-15,17-18,21-22H,9-12H2,1-2H3,(H,30,34)(H,32,33). The summed E-state index contributed by atoms with van der Waals surface area (Å²) in [6.07, 6.45) is 6.43. The first-order valence-corrected chi connectivity index (χ1v) is 12.2. The third kappa shape index (κ3) is 3.56. The Morgan fingerprint density at radius 1 is 1.12 bits per heavy atom. The molecule has 2 fully saturated rings. The molecule has 5 unspecified atom stereocenters. The van der Waals surface area contributed by atoms with Crippen molar-refractivity contribution >= 4 is 27.8 Å². The molecular formula is C28H29FN4O. The molecule has 2 bridgehead atoms. The Bertz CT molecular complexity index is 1400. The number of hydrogen-bond donors (Lipinski definition) is 2. The van der Waals surface area contributed by atoms with Crippen LogP contribution in [0.2, 0.25) is 0 Å². The number of carbonyl (C=O) groups excluding carboxylic acids is 1. The van der Waals surface area contributed by atoms with Crippen molar-refractivity contribution in [1.82, 2.24) is 20.3 Å². The highest BCUT2D eigenvalue weighted by atomic mass is 19.1. The van der Waals surface area contributed by atoms with E-state index in [2.05, 4.69) is 28.3 Å². The van der Waals surface area contributed by atoms with Crippen molar-refractivity contribution in [3.8, 4) is 0 Å². The number of nitrogens with one attached hydrogen (secondary N) is 2. The van der Waals surface area contributed by atoms with Crippen LogP contribution >= 0.6 is 0 Å². The highest BCUT2D eigenvalue weighted by molar-refractivity contribution is 5.97. The molecule has 0 aliphatic heterocycles. The van der Waals surface area contributed by atoms with Gasteiger partial charge in [0.2, 0.25) is 0 Å². The summed E-state index contributed by atoms with van der Waals surface area (Å²) in [7, 11) is 1.64. The minimum Gasteiger partial charge on any atom is -0.355 e. The number of halogens is 1. The predicted octanol–water partition coefficient (Wildman–Crippen LogP) is 5.62. The molecule has 2 heterocycles. The highest BCUT2D eigenvalue weighted by Gasteiger charge is 2.48. The van der Waals surface area contributed by atoms with Crippen LogP contribution in [-0.4, -0.2) is 27.9 Å². The van der Waals surface area contributed by atoms with E-state index in [0.29, 0.717) is 35.2 Å². The second-order valence-electron chi connectivity index (χ2n) is 10.2. The fraction of sp³-hybridized carbons (Fsp3) is 0.393. The molecule has 2 aromatic carbocycles. The zero-order valence-electron chi connectivity index (χ0n) is 19.5. The van der Waals surface area contributed by atoms with Gasteiger partial charge in [-0.25, -0.2) is 9.37 Å². The number of hydrogen-bond acceptors (Lipinski definition) is 3. The molecule has 34 heavy (non-hydrogen) atoms. The molecule has 174 valence electrons. The minimum atomic E-state index is -0.190. The third-order valence-corrected chi connectivity index (χ3v) is 8.31. The fourth-order valence-electron chi connectivity index (χ4n) is 6.76. The monoisotopic (exact) mass is 456 g/mol. The number of H-pyrrole nitrogens is 1. The van der Waals surface area contributed by atoms with Crippen LogP contribution in [0.15, 0.2) is 48.7 Å². The first-order chi connectivity index (χ1) is 16.5. The maximum atomic E-state index is 14.0. The van der Waals surface area contributed by atoms with E-state index < -0.39 is 0 Å². The summed E-state index contributed by atoms with van der Waals surface area (Å²) in [5, 5.41) is 3.65. The zero-order valence-corrected chi connectivity index (χ0v) is 19.5. The molecule has 5 nitrogen and oxygen atoms in total. The number of nitrogens with zero attached hydrogens (tertiary/aromatic N) is 2. The molecule has 4 aromatic rings. The van der Waals surface area contributed by atoms with Gasteiger partial charge in [0.15, 0.2) is 0 Å². The zero-order chi connectivity index (χ0) is 23.4. The molecule has 6 rings (SSSR count). The second-order valence-corrected chi connectivity index (χ2v) is 10.2. The molecule has 2 aliphatic rings. The third-order valence-electron chi connectivity index (χ3n) is 8.31. The van der Waals surface area contributed by atoms with Crippen LogP contribution < -0.4 is 5.32 Å². The lowest BCUT2D eigenvalue weighted by Gasteiger charge is -2.32. The van der Waals surface area contributed by atoms with E-state index in [1.807, 2.05) is 24.4 Å². The highest BCUT2D eigenvalue weighted by Crippen LogP contribution is 2.58. The second kappa shape index (κ2) is 8.19. The lowest BCUT2D eigenvalue weighted by Crippen LogP contribution is -2.24. The Balaban J connectivity index is 1.17. The number of carbonyl (C=O) groups is 1. The number of aromatic nitrogens is 3. The van der Waals surface area contributed by atoms with Gasteiger partial charge in [0.25, 0.3) is 5.91 Å². The van der Waals surface area contributed by atoms with E-state index in [1.165, 1.54) is 30.9 Å². The molecule has 0 saturated heterocycles. The van der Waals surface area contributed by atoms with Gasteiger partial charge in [0, 0.05) is 30.6 Å². The average molecular weight is 457 g/mol. The van der Waals surface area contributed by atoms with Gasteiger partial charge in [0.1, 0.15) is 11.6 Å². The van der Waals surface area contributed by atoms with Crippen molar-refractivity contribution in [1.29, 1.82) is 0 Å². The summed E-state index contributed by atoms with van der Waals surface area (Å²) in [6.45, 7) is 2.35. The van der Waals surface area contributed by atoms with E-state index in [9.17, 15) is 9.18 Å². The molecule has 2 saturated carbocycles. The van der Waals surface area contributed by atoms with Crippen molar-refractivity contribution in [2.45, 2.75) is 38.5 Å². The van der Waals surface area contributed by atoms with Gasteiger partial charge in [0.05, 0.1) is 16.6 Å². The van der Waals surface area contributed by atoms with Crippen molar-refractivity contribution in [3.63, 3.8) is 0 Å². The number of pyridine rings is 1. The maximum absolute atomic E-state index is 14.0. The van der Waals surface area contributed by atoms with Gasteiger partial charge in [-0.1, -0.05) is 6.92 Å². The van der Waals surface area contributed by atoms with Gasteiger partial charge < -0.3 is 10.3 Å². The first-order valence-electron chi connectivity index (χ1n) is 12.2. The van der Waals surface area contributed by atoms with Crippen molar-refractivity contribution < 1.29 is 9.18 Å². The van der Waals surface area contributed by atoms with Gasteiger partial charge in [-0.2, -0.15) is 0 Å². The Kier molecular flexibility index (Phi) is 5.12. The summed E-state index contributed by atoms with van der Waals surface area (Å²) < 4.78 is 14.0. The van der Waals surface area contributed by atoms with Gasteiger partial charge >= 0.3 is 0 Å². The Hall–Kier alpha value is -3.28. The van der Waals surface area contributed by atoms with Crippen LogP contribution in [0.25, 0.3) is 21.9 Å². The van der Waals surface area contributed by atoms with Crippen molar-refractivity contribution in [2.24, 2.45) is 23.7 Å². The Labute approximate surface area is 198 Å². The number of aromatic amines is 1. The molecular weight excluding hydrogens is 427 g/mol. The summed E-state index contributed by atoms with van der Waals surface area (Å²) in [6, 6.07) is 12.6. The number of fused-ring (bicyclic) bond motifs is 4. The lowest BCUT2D eigenvalue weighted by atomic mass is 9.73. The van der Waals surface area contributed by atoms with E-state index in [0.717, 1.165) is 34.2 Å². The summed E-state index contributed by atoms with van der Waals surface area (Å²) in [5.41, 5.74) is 4.61. The van der Waals surface area contributed by atoms with E-state index >= 15 is 0 Å². The Morgan fingerprint density at radius 2 is 1.97 bits per heavy atom. The van der Waals surface area contributed by atoms with E-state index in [-0.39, 0.29) is 11.7 Å². The molecule has 1 amide bonds. The molecule has 2 aliphatic carbocycles. The largest absolute Gasteiger partial charge is 0.355 e. The lowest BCUT2D eigenvalue weighted by molar-refractivity contribution is 0.0963. The summed E-state index contributed by atoms with van der Waals surface area (Å²) >= 11 is 0. The van der Waals surface area contributed by atoms with Crippen LogP contribution in [0, 0.1) is 29.5 Å². The van der Waals surface area contributed by atoms with E-state index in [4.69, 9.17) is 4.98 Å². The SMILES string of the molecule is CNC(=O)c1ccc2nc(CC(C)C3CC4CC3CC4c3ccnc4ccc(F)cc34)[nH]c2c1. The topological polar surface area (TPSA) is 70.7 Å². The van der Waals surface area contributed by atoms with Crippen LogP contribution in [0.4, 0.5) is 4.39 Å². The number of imidazole rings is 1. The molecule has 2 aromatic heterocycles. The van der Waals surface area contributed by atoms with Gasteiger partial charge in [-0.3, -0.25) is 9.78 Å². The maximum Gasteiger partial charge on any atom is 0.251 e. The average Bonchev–Trinajstić information content (AvgIpc) is 3.56. The number of rotatable bonds is 5. The summed E-state index contributed by atoms with van der Waals surface area (Å²) in [4.78, 5) is 24.6. The fourth-order valence-corrected chi connectivity index (χ4v) is 6.76. The molecule has 2 N–H and O–H groups in total. The van der Waals surface area contributed by atoms with Crippen molar-refractivity contribution in [2.75, 3.05) is 7.05 Å². The minimum absolute atomic E-state index is 0.0901. The Morgan fingerprint density at radius 3 is 2.76 bits per heavy atom. The van der Waals surface area contributed by atoms with Gasteiger partial charge in [-0.05, 0) is 96.9 Å².